The first-order chi connectivity index (χ1) is 30.8. The van der Waals surface area contributed by atoms with Gasteiger partial charge in [0.15, 0.2) is 5.82 Å². The van der Waals surface area contributed by atoms with Crippen LogP contribution in [0.1, 0.15) is 51.1 Å². The summed E-state index contributed by atoms with van der Waals surface area (Å²) < 4.78 is 73.0. The molecule has 0 saturated carbocycles. The average molecular weight is 896 g/mol. The molecule has 15 nitrogen and oxygen atoms in total. The molecule has 5 aromatic rings. The summed E-state index contributed by atoms with van der Waals surface area (Å²) in [6.45, 7) is 6.22. The molecule has 7 heterocycles. The molecule has 10 rings (SSSR count). The molecule has 332 valence electrons. The number of piperazine rings is 1. The van der Waals surface area contributed by atoms with Gasteiger partial charge < -0.3 is 19.7 Å². The number of aromatic amines is 1. The summed E-state index contributed by atoms with van der Waals surface area (Å²) in [5.41, 5.74) is 3.84. The number of aromatic nitrogens is 2. The van der Waals surface area contributed by atoms with Crippen molar-refractivity contribution in [1.82, 2.24) is 29.4 Å². The number of rotatable bonds is 11. The first-order valence-electron chi connectivity index (χ1n) is 21.3. The van der Waals surface area contributed by atoms with Crippen molar-refractivity contribution in [2.45, 2.75) is 38.0 Å². The Bertz CT molecular complexity index is 2830. The summed E-state index contributed by atoms with van der Waals surface area (Å²) in [6.07, 6.45) is 2.16. The van der Waals surface area contributed by atoms with Gasteiger partial charge in [-0.15, -0.1) is 0 Å². The van der Waals surface area contributed by atoms with E-state index in [1.54, 1.807) is 17.2 Å². The fourth-order valence-corrected chi connectivity index (χ4v) is 10.8. The SMILES string of the molecule is O=C1CCC(N2Cc3cc(N4CCN(CC5CN(c6ccc(-c7cnc8[nH]cc(C(=O)c9c(F)ccc(NS(=O)(=O)N%10CCC(F)C%10)c9F)c8c7)cc6)C5)CC4)ccc3C2=O)C(=O)N1. The number of amides is 3. The topological polar surface area (TPSA) is 171 Å². The Hall–Kier alpha value is -6.31. The van der Waals surface area contributed by atoms with E-state index in [0.29, 0.717) is 41.0 Å². The normalized spacial score (nSPS) is 21.1. The number of benzene rings is 3. The Labute approximate surface area is 366 Å². The van der Waals surface area contributed by atoms with Crippen LogP contribution in [0.15, 0.2) is 73.1 Å². The van der Waals surface area contributed by atoms with Crippen LogP contribution >= 0.6 is 0 Å². The minimum Gasteiger partial charge on any atom is -0.371 e. The first-order valence-corrected chi connectivity index (χ1v) is 22.8. The van der Waals surface area contributed by atoms with Crippen LogP contribution in [0.25, 0.3) is 22.2 Å². The molecule has 4 fully saturated rings. The number of fused-ring (bicyclic) bond motifs is 2. The first kappa shape index (κ1) is 41.7. The minimum atomic E-state index is -4.36. The third-order valence-corrected chi connectivity index (χ3v) is 14.5. The fourth-order valence-electron chi connectivity index (χ4n) is 9.50. The number of hydrogen-bond donors (Lipinski definition) is 3. The van der Waals surface area contributed by atoms with Crippen molar-refractivity contribution in [1.29, 1.82) is 0 Å². The van der Waals surface area contributed by atoms with Gasteiger partial charge in [-0.25, -0.2) is 18.2 Å². The molecule has 3 aromatic carbocycles. The summed E-state index contributed by atoms with van der Waals surface area (Å²) in [6, 6.07) is 16.6. The second-order valence-corrected chi connectivity index (χ2v) is 18.8. The minimum absolute atomic E-state index is 0.00239. The monoisotopic (exact) mass is 895 g/mol. The third kappa shape index (κ3) is 7.74. The molecule has 0 radical (unpaired) electrons. The van der Waals surface area contributed by atoms with Crippen LogP contribution in [-0.2, 0) is 26.3 Å². The van der Waals surface area contributed by atoms with Gasteiger partial charge in [0.05, 0.1) is 11.3 Å². The number of H-pyrrole nitrogens is 1. The van der Waals surface area contributed by atoms with Crippen molar-refractivity contribution in [3.8, 4) is 11.1 Å². The summed E-state index contributed by atoms with van der Waals surface area (Å²) in [4.78, 5) is 67.0. The van der Waals surface area contributed by atoms with Crippen molar-refractivity contribution in [3.63, 3.8) is 0 Å². The Morgan fingerprint density at radius 2 is 1.62 bits per heavy atom. The van der Waals surface area contributed by atoms with Gasteiger partial charge in [-0.05, 0) is 72.5 Å². The zero-order chi connectivity index (χ0) is 44.4. The van der Waals surface area contributed by atoms with E-state index in [2.05, 4.69) is 36.1 Å². The number of anilines is 3. The van der Waals surface area contributed by atoms with E-state index in [0.717, 1.165) is 84.8 Å². The second-order valence-electron chi connectivity index (χ2n) is 17.1. The Morgan fingerprint density at radius 3 is 2.36 bits per heavy atom. The molecule has 2 unspecified atom stereocenters. The molecule has 5 aliphatic heterocycles. The Balaban J connectivity index is 0.736. The zero-order valence-electron chi connectivity index (χ0n) is 34.5. The largest absolute Gasteiger partial charge is 0.371 e. The fraction of sp³-hybridized carbons (Fsp3) is 0.356. The zero-order valence-corrected chi connectivity index (χ0v) is 35.3. The Kier molecular flexibility index (Phi) is 10.7. The van der Waals surface area contributed by atoms with Crippen LogP contribution < -0.4 is 19.8 Å². The number of halogens is 3. The molecule has 3 N–H and O–H groups in total. The molecule has 3 amide bonds. The molecule has 19 heteroatoms. The number of carbonyl (C=O) groups is 4. The van der Waals surface area contributed by atoms with Crippen LogP contribution in [0.2, 0.25) is 0 Å². The van der Waals surface area contributed by atoms with Gasteiger partial charge in [-0.1, -0.05) is 12.1 Å². The van der Waals surface area contributed by atoms with Gasteiger partial charge >= 0.3 is 10.2 Å². The van der Waals surface area contributed by atoms with Crippen LogP contribution in [0.5, 0.6) is 0 Å². The highest BCUT2D eigenvalue weighted by Gasteiger charge is 2.40. The molecular formula is C45H44F3N9O6S. The average Bonchev–Trinajstić information content (AvgIpc) is 4.00. The van der Waals surface area contributed by atoms with E-state index >= 15 is 8.78 Å². The number of hydrogen-bond acceptors (Lipinski definition) is 10. The molecule has 64 heavy (non-hydrogen) atoms. The number of piperidine rings is 1. The molecule has 2 aromatic heterocycles. The molecule has 0 spiro atoms. The van der Waals surface area contributed by atoms with Crippen LogP contribution in [0.3, 0.4) is 0 Å². The predicted molar refractivity (Wildman–Crippen MR) is 232 cm³/mol. The van der Waals surface area contributed by atoms with E-state index in [-0.39, 0.29) is 43.3 Å². The third-order valence-electron chi connectivity index (χ3n) is 13.1. The lowest BCUT2D eigenvalue weighted by molar-refractivity contribution is -0.136. The summed E-state index contributed by atoms with van der Waals surface area (Å²) >= 11 is 0. The van der Waals surface area contributed by atoms with E-state index in [1.807, 2.05) is 41.1 Å². The van der Waals surface area contributed by atoms with E-state index in [9.17, 15) is 32.0 Å². The lowest BCUT2D eigenvalue weighted by Gasteiger charge is -2.45. The molecule has 4 saturated heterocycles. The highest BCUT2D eigenvalue weighted by Crippen LogP contribution is 2.34. The van der Waals surface area contributed by atoms with E-state index < -0.39 is 57.0 Å². The van der Waals surface area contributed by atoms with E-state index in [4.69, 9.17) is 0 Å². The molecule has 2 atom stereocenters. The van der Waals surface area contributed by atoms with Crippen molar-refractivity contribution in [2.75, 3.05) is 73.4 Å². The number of pyridine rings is 1. The lowest BCUT2D eigenvalue weighted by atomic mass is 9.97. The highest BCUT2D eigenvalue weighted by atomic mass is 32.2. The van der Waals surface area contributed by atoms with Crippen molar-refractivity contribution in [2.24, 2.45) is 5.92 Å². The number of nitrogens with zero attached hydrogens (tertiary/aromatic N) is 6. The van der Waals surface area contributed by atoms with Gasteiger partial charge in [-0.3, -0.25) is 34.1 Å². The highest BCUT2D eigenvalue weighted by molar-refractivity contribution is 7.90. The molecular weight excluding hydrogens is 852 g/mol. The van der Waals surface area contributed by atoms with Gasteiger partial charge in [0.2, 0.25) is 17.6 Å². The van der Waals surface area contributed by atoms with Crippen molar-refractivity contribution in [3.05, 3.63) is 107 Å². The number of imide groups is 1. The van der Waals surface area contributed by atoms with Gasteiger partial charge in [0, 0.05) is 124 Å². The van der Waals surface area contributed by atoms with Crippen molar-refractivity contribution >= 4 is 61.8 Å². The lowest BCUT2D eigenvalue weighted by Crippen LogP contribution is -2.55. The van der Waals surface area contributed by atoms with Crippen LogP contribution in [0, 0.1) is 17.6 Å². The second kappa shape index (κ2) is 16.4. The maximum absolute atomic E-state index is 15.7. The number of nitrogens with one attached hydrogen (secondary N) is 3. The summed E-state index contributed by atoms with van der Waals surface area (Å²) in [5.74, 6) is -3.94. The van der Waals surface area contributed by atoms with Gasteiger partial charge in [0.1, 0.15) is 23.7 Å². The maximum atomic E-state index is 15.7. The van der Waals surface area contributed by atoms with Crippen molar-refractivity contribution < 1.29 is 40.8 Å². The molecule has 0 bridgehead atoms. The number of carbonyl (C=O) groups excluding carboxylic acids is 4. The predicted octanol–water partition coefficient (Wildman–Crippen LogP) is 4.46. The Morgan fingerprint density at radius 1 is 0.859 bits per heavy atom. The van der Waals surface area contributed by atoms with E-state index in [1.165, 1.54) is 6.20 Å². The number of alkyl halides is 1. The van der Waals surface area contributed by atoms with Gasteiger partial charge in [-0.2, -0.15) is 12.7 Å². The standard InChI is InChI=1S/C45H44F3N9O6S/c46-30-11-12-56(25-30)64(62,63)52-37-8-7-36(47)40(41(37)48)42(59)35-20-50-43-34(35)18-28(19-49-43)27-1-3-31(4-2-27)55-22-26(23-55)21-53-13-15-54(16-14-53)32-5-6-33-29(17-32)24-57(45(33)61)38-9-10-39(58)51-44(38)60/h1-8,17-20,26,30,38,52H,9-16,21-25H2,(H,49,50)(H,51,58,60). The molecule has 0 aliphatic carbocycles. The summed E-state index contributed by atoms with van der Waals surface area (Å²) in [5, 5.41) is 2.68. The molecule has 5 aliphatic rings. The van der Waals surface area contributed by atoms with Gasteiger partial charge in [0.25, 0.3) is 5.91 Å². The number of ketones is 1. The van der Waals surface area contributed by atoms with Crippen LogP contribution in [-0.4, -0.2) is 127 Å². The maximum Gasteiger partial charge on any atom is 0.301 e. The smallest absolute Gasteiger partial charge is 0.301 e. The quantitative estimate of drug-likeness (QED) is 0.127. The van der Waals surface area contributed by atoms with Crippen LogP contribution in [0.4, 0.5) is 30.2 Å². The summed E-state index contributed by atoms with van der Waals surface area (Å²) in [7, 11) is -4.36.